The number of hydrogen-bond acceptors (Lipinski definition) is 5. The van der Waals surface area contributed by atoms with Crippen LogP contribution in [0.1, 0.15) is 4.88 Å². The summed E-state index contributed by atoms with van der Waals surface area (Å²) in [4.78, 5) is 15.3. The first-order valence-corrected chi connectivity index (χ1v) is 5.98. The summed E-state index contributed by atoms with van der Waals surface area (Å²) in [5.74, 6) is 0. The number of benzene rings is 1. The van der Waals surface area contributed by atoms with Crippen LogP contribution in [0.2, 0.25) is 5.02 Å². The molecule has 0 saturated carbocycles. The SMILES string of the molecule is O=[N+]([O-])c1ccc(Cl)cc1NCc1cncs1. The van der Waals surface area contributed by atoms with Gasteiger partial charge in [0.05, 0.1) is 17.0 Å². The Morgan fingerprint density at radius 1 is 1.53 bits per heavy atom. The highest BCUT2D eigenvalue weighted by molar-refractivity contribution is 7.09. The summed E-state index contributed by atoms with van der Waals surface area (Å²) in [5, 5.41) is 14.2. The van der Waals surface area contributed by atoms with E-state index in [4.69, 9.17) is 11.6 Å². The summed E-state index contributed by atoms with van der Waals surface area (Å²) in [5.41, 5.74) is 2.14. The lowest BCUT2D eigenvalue weighted by atomic mass is 10.2. The van der Waals surface area contributed by atoms with E-state index in [0.717, 1.165) is 4.88 Å². The number of nitrogens with zero attached hydrogens (tertiary/aromatic N) is 2. The molecule has 0 saturated heterocycles. The second kappa shape index (κ2) is 5.11. The molecule has 7 heteroatoms. The van der Waals surface area contributed by atoms with Crippen LogP contribution in [-0.2, 0) is 6.54 Å². The second-order valence-electron chi connectivity index (χ2n) is 3.24. The van der Waals surface area contributed by atoms with E-state index in [-0.39, 0.29) is 5.69 Å². The molecule has 0 bridgehead atoms. The lowest BCUT2D eigenvalue weighted by Crippen LogP contribution is -2.01. The molecular formula is C10H8ClN3O2S. The van der Waals surface area contributed by atoms with Crippen molar-refractivity contribution in [3.63, 3.8) is 0 Å². The first-order valence-electron chi connectivity index (χ1n) is 4.72. The third-order valence-corrected chi connectivity index (χ3v) is 3.11. The highest BCUT2D eigenvalue weighted by Gasteiger charge is 2.13. The van der Waals surface area contributed by atoms with Crippen LogP contribution in [0.4, 0.5) is 11.4 Å². The van der Waals surface area contributed by atoms with E-state index >= 15 is 0 Å². The van der Waals surface area contributed by atoms with Gasteiger partial charge in [-0.3, -0.25) is 15.1 Å². The van der Waals surface area contributed by atoms with Crippen molar-refractivity contribution in [2.45, 2.75) is 6.54 Å². The van der Waals surface area contributed by atoms with Gasteiger partial charge in [0, 0.05) is 22.2 Å². The Morgan fingerprint density at radius 3 is 3.00 bits per heavy atom. The smallest absolute Gasteiger partial charge is 0.292 e. The molecule has 0 unspecified atom stereocenters. The van der Waals surface area contributed by atoms with Gasteiger partial charge in [-0.2, -0.15) is 0 Å². The van der Waals surface area contributed by atoms with E-state index in [1.807, 2.05) is 0 Å². The first-order chi connectivity index (χ1) is 8.16. The minimum atomic E-state index is -0.439. The number of halogens is 1. The lowest BCUT2D eigenvalue weighted by Gasteiger charge is -2.05. The Morgan fingerprint density at radius 2 is 2.35 bits per heavy atom. The van der Waals surface area contributed by atoms with Gasteiger partial charge in [-0.25, -0.2) is 0 Å². The van der Waals surface area contributed by atoms with Gasteiger partial charge in [-0.1, -0.05) is 11.6 Å². The molecule has 1 heterocycles. The number of hydrogen-bond donors (Lipinski definition) is 1. The molecule has 1 aromatic heterocycles. The van der Waals surface area contributed by atoms with E-state index in [1.165, 1.54) is 23.5 Å². The number of thiazole rings is 1. The summed E-state index contributed by atoms with van der Waals surface area (Å²) in [6.07, 6.45) is 1.72. The first kappa shape index (κ1) is 11.8. The van der Waals surface area contributed by atoms with E-state index in [1.54, 1.807) is 17.8 Å². The van der Waals surface area contributed by atoms with Crippen LogP contribution in [0.3, 0.4) is 0 Å². The van der Waals surface area contributed by atoms with Crippen LogP contribution < -0.4 is 5.32 Å². The third-order valence-electron chi connectivity index (χ3n) is 2.09. The molecule has 2 rings (SSSR count). The maximum absolute atomic E-state index is 10.8. The Labute approximate surface area is 106 Å². The predicted octanol–water partition coefficient (Wildman–Crippen LogP) is 3.32. The largest absolute Gasteiger partial charge is 0.374 e. The van der Waals surface area contributed by atoms with Crippen LogP contribution in [0.5, 0.6) is 0 Å². The van der Waals surface area contributed by atoms with Gasteiger partial charge in [-0.15, -0.1) is 11.3 Å². The summed E-state index contributed by atoms with van der Waals surface area (Å²) in [7, 11) is 0. The van der Waals surface area contributed by atoms with Crippen molar-refractivity contribution in [2.75, 3.05) is 5.32 Å². The minimum absolute atomic E-state index is 0.0129. The van der Waals surface area contributed by atoms with Crippen molar-refractivity contribution in [2.24, 2.45) is 0 Å². The number of nitrogens with one attached hydrogen (secondary N) is 1. The number of aromatic nitrogens is 1. The minimum Gasteiger partial charge on any atom is -0.374 e. The zero-order chi connectivity index (χ0) is 12.3. The molecule has 0 aliphatic rings. The highest BCUT2D eigenvalue weighted by atomic mass is 35.5. The molecule has 0 radical (unpaired) electrons. The maximum atomic E-state index is 10.8. The van der Waals surface area contributed by atoms with Crippen LogP contribution in [-0.4, -0.2) is 9.91 Å². The fourth-order valence-electron chi connectivity index (χ4n) is 1.32. The molecule has 1 N–H and O–H groups in total. The van der Waals surface area contributed by atoms with E-state index in [0.29, 0.717) is 17.3 Å². The quantitative estimate of drug-likeness (QED) is 0.683. The van der Waals surface area contributed by atoms with Crippen molar-refractivity contribution in [3.05, 3.63) is 49.9 Å². The van der Waals surface area contributed by atoms with Crippen LogP contribution in [0.25, 0.3) is 0 Å². The molecule has 88 valence electrons. The fraction of sp³-hybridized carbons (Fsp3) is 0.100. The topological polar surface area (TPSA) is 68.1 Å². The molecule has 1 aromatic carbocycles. The number of nitro benzene ring substituents is 1. The number of rotatable bonds is 4. The van der Waals surface area contributed by atoms with Gasteiger partial charge in [0.25, 0.3) is 5.69 Å². The Balaban J connectivity index is 2.19. The molecule has 17 heavy (non-hydrogen) atoms. The van der Waals surface area contributed by atoms with Crippen molar-refractivity contribution < 1.29 is 4.92 Å². The number of nitro groups is 1. The molecule has 0 atom stereocenters. The summed E-state index contributed by atoms with van der Waals surface area (Å²) in [6, 6.07) is 4.43. The zero-order valence-corrected chi connectivity index (χ0v) is 10.2. The van der Waals surface area contributed by atoms with Crippen molar-refractivity contribution in [3.8, 4) is 0 Å². The third kappa shape index (κ3) is 2.92. The van der Waals surface area contributed by atoms with Crippen molar-refractivity contribution in [1.82, 2.24) is 4.98 Å². The molecule has 2 aromatic rings. The van der Waals surface area contributed by atoms with E-state index < -0.39 is 4.92 Å². The van der Waals surface area contributed by atoms with Gasteiger partial charge in [0.15, 0.2) is 0 Å². The summed E-state index contributed by atoms with van der Waals surface area (Å²) >= 11 is 7.29. The van der Waals surface area contributed by atoms with Gasteiger partial charge in [-0.05, 0) is 12.1 Å². The number of anilines is 1. The van der Waals surface area contributed by atoms with Crippen LogP contribution in [0.15, 0.2) is 29.9 Å². The Kier molecular flexibility index (Phi) is 3.55. The molecular weight excluding hydrogens is 262 g/mol. The van der Waals surface area contributed by atoms with Gasteiger partial charge >= 0.3 is 0 Å². The molecule has 0 aliphatic carbocycles. The molecule has 5 nitrogen and oxygen atoms in total. The van der Waals surface area contributed by atoms with Crippen LogP contribution >= 0.6 is 22.9 Å². The zero-order valence-electron chi connectivity index (χ0n) is 8.59. The molecule has 0 fully saturated rings. The highest BCUT2D eigenvalue weighted by Crippen LogP contribution is 2.28. The van der Waals surface area contributed by atoms with Gasteiger partial charge < -0.3 is 5.32 Å². The van der Waals surface area contributed by atoms with E-state index in [9.17, 15) is 10.1 Å². The monoisotopic (exact) mass is 269 g/mol. The summed E-state index contributed by atoms with van der Waals surface area (Å²) in [6.45, 7) is 0.492. The van der Waals surface area contributed by atoms with Crippen molar-refractivity contribution in [1.29, 1.82) is 0 Å². The van der Waals surface area contributed by atoms with Gasteiger partial charge in [0.2, 0.25) is 0 Å². The Bertz CT molecular complexity index is 530. The molecule has 0 spiro atoms. The maximum Gasteiger partial charge on any atom is 0.292 e. The second-order valence-corrected chi connectivity index (χ2v) is 4.65. The predicted molar refractivity (Wildman–Crippen MR) is 67.5 cm³/mol. The van der Waals surface area contributed by atoms with Crippen LogP contribution in [0, 0.1) is 10.1 Å². The lowest BCUT2D eigenvalue weighted by molar-refractivity contribution is -0.384. The average Bonchev–Trinajstić information content (AvgIpc) is 2.78. The standard InChI is InChI=1S/C10H8ClN3O2S/c11-7-1-2-10(14(15)16)9(3-7)13-5-8-4-12-6-17-8/h1-4,6,13H,5H2. The van der Waals surface area contributed by atoms with Gasteiger partial charge in [0.1, 0.15) is 5.69 Å². The average molecular weight is 270 g/mol. The fourth-order valence-corrected chi connectivity index (χ4v) is 2.03. The molecule has 0 amide bonds. The Hall–Kier alpha value is -1.66. The molecule has 0 aliphatic heterocycles. The summed E-state index contributed by atoms with van der Waals surface area (Å²) < 4.78 is 0. The normalized spacial score (nSPS) is 10.2. The van der Waals surface area contributed by atoms with E-state index in [2.05, 4.69) is 10.3 Å². The van der Waals surface area contributed by atoms with Crippen molar-refractivity contribution >= 4 is 34.3 Å².